The van der Waals surface area contributed by atoms with E-state index in [-0.39, 0.29) is 5.54 Å². The first kappa shape index (κ1) is 8.85. The molecule has 74 valence electrons. The van der Waals surface area contributed by atoms with Gasteiger partial charge in [-0.2, -0.15) is 0 Å². The molecule has 2 unspecified atom stereocenters. The maximum Gasteiger partial charge on any atom is 0.287 e. The standard InChI is InChI=1S/C10H18N2O/c1-10-7-5-4-6-8(10)13-9(11-10)12(2)3/h8H,4-7H2,1-3H3. The van der Waals surface area contributed by atoms with Crippen molar-refractivity contribution in [1.29, 1.82) is 0 Å². The summed E-state index contributed by atoms with van der Waals surface area (Å²) in [5.41, 5.74) is 0.0673. The number of ether oxygens (including phenoxy) is 1. The second kappa shape index (κ2) is 2.89. The lowest BCUT2D eigenvalue weighted by Gasteiger charge is -2.31. The van der Waals surface area contributed by atoms with Gasteiger partial charge in [-0.15, -0.1) is 0 Å². The van der Waals surface area contributed by atoms with Crippen molar-refractivity contribution >= 4 is 6.02 Å². The molecule has 0 spiro atoms. The van der Waals surface area contributed by atoms with Gasteiger partial charge in [-0.1, -0.05) is 6.42 Å². The molecule has 0 aromatic carbocycles. The number of aliphatic imine (C=N–C) groups is 1. The maximum atomic E-state index is 5.81. The molecule has 1 saturated carbocycles. The van der Waals surface area contributed by atoms with Crippen LogP contribution in [-0.2, 0) is 4.74 Å². The zero-order chi connectivity index (χ0) is 9.47. The second-order valence-electron chi connectivity index (χ2n) is 4.50. The minimum Gasteiger partial charge on any atom is -0.459 e. The minimum absolute atomic E-state index is 0.0673. The van der Waals surface area contributed by atoms with Crippen LogP contribution in [0.2, 0.25) is 0 Å². The third-order valence-corrected chi connectivity index (χ3v) is 3.07. The summed E-state index contributed by atoms with van der Waals surface area (Å²) in [5, 5.41) is 0. The quantitative estimate of drug-likeness (QED) is 0.569. The monoisotopic (exact) mass is 182 g/mol. The largest absolute Gasteiger partial charge is 0.459 e. The van der Waals surface area contributed by atoms with Crippen LogP contribution in [0.4, 0.5) is 0 Å². The van der Waals surface area contributed by atoms with Gasteiger partial charge < -0.3 is 9.64 Å². The molecule has 1 heterocycles. The van der Waals surface area contributed by atoms with E-state index in [4.69, 9.17) is 4.74 Å². The van der Waals surface area contributed by atoms with Gasteiger partial charge in [-0.3, -0.25) is 0 Å². The van der Waals surface area contributed by atoms with E-state index in [2.05, 4.69) is 11.9 Å². The molecule has 3 heteroatoms. The Hall–Kier alpha value is -0.730. The SMILES string of the molecule is CN(C)C1=NC2(C)CCCCC2O1. The average Bonchev–Trinajstić information content (AvgIpc) is 2.41. The molecule has 0 bridgehead atoms. The van der Waals surface area contributed by atoms with Gasteiger partial charge in [-0.25, -0.2) is 4.99 Å². The van der Waals surface area contributed by atoms with Crippen LogP contribution in [0, 0.1) is 0 Å². The van der Waals surface area contributed by atoms with Gasteiger partial charge in [0.25, 0.3) is 6.02 Å². The van der Waals surface area contributed by atoms with Crippen LogP contribution in [0.5, 0.6) is 0 Å². The van der Waals surface area contributed by atoms with Crippen LogP contribution in [0.25, 0.3) is 0 Å². The molecule has 13 heavy (non-hydrogen) atoms. The molecular weight excluding hydrogens is 164 g/mol. The first-order valence-electron chi connectivity index (χ1n) is 5.06. The van der Waals surface area contributed by atoms with Crippen LogP contribution in [-0.4, -0.2) is 36.7 Å². The van der Waals surface area contributed by atoms with Crippen molar-refractivity contribution in [3.63, 3.8) is 0 Å². The molecule has 0 aromatic rings. The summed E-state index contributed by atoms with van der Waals surface area (Å²) in [6.07, 6.45) is 5.25. The summed E-state index contributed by atoms with van der Waals surface area (Å²) in [6.45, 7) is 2.22. The van der Waals surface area contributed by atoms with Crippen molar-refractivity contribution in [1.82, 2.24) is 4.90 Å². The van der Waals surface area contributed by atoms with Crippen LogP contribution >= 0.6 is 0 Å². The summed E-state index contributed by atoms with van der Waals surface area (Å²) in [6, 6.07) is 0.814. The second-order valence-corrected chi connectivity index (χ2v) is 4.50. The van der Waals surface area contributed by atoms with Gasteiger partial charge in [0.2, 0.25) is 0 Å². The lowest BCUT2D eigenvalue weighted by molar-refractivity contribution is 0.0933. The Kier molecular flexibility index (Phi) is 1.97. The minimum atomic E-state index is 0.0673. The van der Waals surface area contributed by atoms with E-state index in [1.807, 2.05) is 19.0 Å². The first-order chi connectivity index (χ1) is 6.12. The van der Waals surface area contributed by atoms with Crippen molar-refractivity contribution in [2.24, 2.45) is 4.99 Å². The summed E-state index contributed by atoms with van der Waals surface area (Å²) in [4.78, 5) is 6.62. The van der Waals surface area contributed by atoms with E-state index in [1.165, 1.54) is 19.3 Å². The van der Waals surface area contributed by atoms with Crippen LogP contribution in [0.3, 0.4) is 0 Å². The zero-order valence-electron chi connectivity index (χ0n) is 8.71. The molecule has 0 aromatic heterocycles. The molecule has 0 radical (unpaired) electrons. The molecule has 2 atom stereocenters. The van der Waals surface area contributed by atoms with Crippen molar-refractivity contribution < 1.29 is 4.74 Å². The van der Waals surface area contributed by atoms with Crippen molar-refractivity contribution in [2.45, 2.75) is 44.2 Å². The Balaban J connectivity index is 2.17. The lowest BCUT2D eigenvalue weighted by atomic mass is 9.82. The van der Waals surface area contributed by atoms with Crippen LogP contribution in [0.1, 0.15) is 32.6 Å². The highest BCUT2D eigenvalue weighted by Gasteiger charge is 2.44. The van der Waals surface area contributed by atoms with Crippen molar-refractivity contribution in [2.75, 3.05) is 14.1 Å². The molecule has 0 saturated heterocycles. The Bertz CT molecular complexity index is 237. The molecule has 1 fully saturated rings. The fourth-order valence-electron chi connectivity index (χ4n) is 2.18. The molecule has 0 amide bonds. The molecule has 2 rings (SSSR count). The number of amidine groups is 1. The van der Waals surface area contributed by atoms with Crippen LogP contribution in [0.15, 0.2) is 4.99 Å². The summed E-state index contributed by atoms with van der Waals surface area (Å²) in [7, 11) is 3.97. The highest BCUT2D eigenvalue weighted by atomic mass is 16.5. The third-order valence-electron chi connectivity index (χ3n) is 3.07. The van der Waals surface area contributed by atoms with Gasteiger partial charge in [0, 0.05) is 14.1 Å². The number of nitrogens with zero attached hydrogens (tertiary/aromatic N) is 2. The third kappa shape index (κ3) is 1.40. The topological polar surface area (TPSA) is 24.8 Å². The van der Waals surface area contributed by atoms with Gasteiger partial charge >= 0.3 is 0 Å². The lowest BCUT2D eigenvalue weighted by Crippen LogP contribution is -2.38. The average molecular weight is 182 g/mol. The van der Waals surface area contributed by atoms with E-state index in [1.54, 1.807) is 0 Å². The Morgan fingerprint density at radius 1 is 1.46 bits per heavy atom. The number of hydrogen-bond donors (Lipinski definition) is 0. The zero-order valence-corrected chi connectivity index (χ0v) is 8.71. The van der Waals surface area contributed by atoms with Crippen molar-refractivity contribution in [3.05, 3.63) is 0 Å². The number of hydrogen-bond acceptors (Lipinski definition) is 3. The van der Waals surface area contributed by atoms with Crippen LogP contribution < -0.4 is 0 Å². The van der Waals surface area contributed by atoms with Gasteiger partial charge in [-0.05, 0) is 26.2 Å². The highest BCUT2D eigenvalue weighted by molar-refractivity contribution is 5.76. The number of fused-ring (bicyclic) bond motifs is 1. The van der Waals surface area contributed by atoms with Gasteiger partial charge in [0.05, 0.1) is 0 Å². The summed E-state index contributed by atoms with van der Waals surface area (Å²) < 4.78 is 5.81. The first-order valence-corrected chi connectivity index (χ1v) is 5.06. The van der Waals surface area contributed by atoms with Crippen molar-refractivity contribution in [3.8, 4) is 0 Å². The predicted octanol–water partition coefficient (Wildman–Crippen LogP) is 1.64. The van der Waals surface area contributed by atoms with E-state index in [9.17, 15) is 0 Å². The Morgan fingerprint density at radius 3 is 2.85 bits per heavy atom. The molecular formula is C10H18N2O. The normalized spacial score (nSPS) is 37.8. The summed E-state index contributed by atoms with van der Waals surface area (Å²) >= 11 is 0. The van der Waals surface area contributed by atoms with E-state index >= 15 is 0 Å². The molecule has 2 aliphatic rings. The molecule has 1 aliphatic heterocycles. The summed E-state index contributed by atoms with van der Waals surface area (Å²) in [5.74, 6) is 0. The Labute approximate surface area is 79.8 Å². The predicted molar refractivity (Wildman–Crippen MR) is 52.9 cm³/mol. The van der Waals surface area contributed by atoms with E-state index < -0.39 is 0 Å². The molecule has 1 aliphatic carbocycles. The molecule has 0 N–H and O–H groups in total. The smallest absolute Gasteiger partial charge is 0.287 e. The molecule has 3 nitrogen and oxygen atoms in total. The van der Waals surface area contributed by atoms with Gasteiger partial charge in [0.1, 0.15) is 11.6 Å². The Morgan fingerprint density at radius 2 is 2.23 bits per heavy atom. The fraction of sp³-hybridized carbons (Fsp3) is 0.900. The maximum absolute atomic E-state index is 5.81. The van der Waals surface area contributed by atoms with E-state index in [0.29, 0.717) is 6.10 Å². The highest BCUT2D eigenvalue weighted by Crippen LogP contribution is 2.38. The van der Waals surface area contributed by atoms with E-state index in [0.717, 1.165) is 12.4 Å². The number of rotatable bonds is 0. The van der Waals surface area contributed by atoms with Gasteiger partial charge in [0.15, 0.2) is 0 Å². The fourth-order valence-corrected chi connectivity index (χ4v) is 2.18.